The Morgan fingerprint density at radius 2 is 1.72 bits per heavy atom. The molecule has 1 heteroatoms. The van der Waals surface area contributed by atoms with Gasteiger partial charge in [0.15, 0.2) is 0 Å². The predicted molar refractivity (Wildman–Crippen MR) is 80.1 cm³/mol. The lowest BCUT2D eigenvalue weighted by Gasteiger charge is -2.05. The Morgan fingerprint density at radius 1 is 1.06 bits per heavy atom. The first kappa shape index (κ1) is 16.9. The van der Waals surface area contributed by atoms with Crippen LogP contribution in [0.5, 0.6) is 0 Å². The van der Waals surface area contributed by atoms with Gasteiger partial charge in [0.05, 0.1) is 0 Å². The Balaban J connectivity index is 0.00000137. The highest BCUT2D eigenvalue weighted by Gasteiger charge is 1.99. The van der Waals surface area contributed by atoms with E-state index in [0.29, 0.717) is 12.2 Å². The fourth-order valence-corrected chi connectivity index (χ4v) is 1.79. The van der Waals surface area contributed by atoms with Crippen molar-refractivity contribution in [3.05, 3.63) is 34.9 Å². The van der Waals surface area contributed by atoms with Gasteiger partial charge in [-0.15, -0.1) is 0 Å². The van der Waals surface area contributed by atoms with Crippen LogP contribution in [0.15, 0.2) is 18.2 Å². The van der Waals surface area contributed by atoms with Crippen molar-refractivity contribution in [3.8, 4) is 0 Å². The molecule has 0 N–H and O–H groups in total. The summed E-state index contributed by atoms with van der Waals surface area (Å²) in [6, 6.07) is 6.64. The van der Waals surface area contributed by atoms with E-state index in [4.69, 9.17) is 0 Å². The first-order valence-corrected chi connectivity index (χ1v) is 7.21. The molecule has 0 bridgehead atoms. The van der Waals surface area contributed by atoms with E-state index in [1.54, 1.807) is 0 Å². The minimum absolute atomic E-state index is 0.389. The first-order chi connectivity index (χ1) is 8.63. The van der Waals surface area contributed by atoms with Crippen molar-refractivity contribution in [1.29, 1.82) is 0 Å². The molecule has 0 aliphatic carbocycles. The molecular weight excluding hydrogens is 220 g/mol. The summed E-state index contributed by atoms with van der Waals surface area (Å²) < 4.78 is 0. The third-order valence-electron chi connectivity index (χ3n) is 3.14. The van der Waals surface area contributed by atoms with E-state index in [2.05, 4.69) is 32.0 Å². The van der Waals surface area contributed by atoms with Crippen LogP contribution in [0.1, 0.15) is 63.1 Å². The zero-order valence-corrected chi connectivity index (χ0v) is 12.7. The largest absolute Gasteiger partial charge is 0.300 e. The Morgan fingerprint density at radius 3 is 2.28 bits per heavy atom. The number of hydrogen-bond acceptors (Lipinski definition) is 1. The van der Waals surface area contributed by atoms with Crippen molar-refractivity contribution in [3.63, 3.8) is 0 Å². The van der Waals surface area contributed by atoms with Crippen LogP contribution in [-0.4, -0.2) is 5.78 Å². The molecule has 0 radical (unpaired) electrons. The van der Waals surface area contributed by atoms with Crippen LogP contribution in [0.3, 0.4) is 0 Å². The molecule has 1 aromatic carbocycles. The molecule has 1 aromatic rings. The predicted octanol–water partition coefficient (Wildman–Crippen LogP) is 5.02. The number of carbonyl (C=O) groups excluding carboxylic acids is 1. The Hall–Kier alpha value is -1.11. The molecule has 0 heterocycles. The number of ketones is 1. The smallest absolute Gasteiger partial charge is 0.132 e. The first-order valence-electron chi connectivity index (χ1n) is 7.21. The molecule has 18 heavy (non-hydrogen) atoms. The van der Waals surface area contributed by atoms with E-state index in [0.717, 1.165) is 25.7 Å². The van der Waals surface area contributed by atoms with Gasteiger partial charge in [-0.2, -0.15) is 0 Å². The van der Waals surface area contributed by atoms with Crippen LogP contribution in [-0.2, 0) is 11.2 Å². The molecule has 1 nitrogen and oxygen atoms in total. The SMILES string of the molecule is CC.CCC(=O)CCCCc1ccc(C)c(C)c1. The summed E-state index contributed by atoms with van der Waals surface area (Å²) >= 11 is 0. The molecule has 0 aliphatic rings. The van der Waals surface area contributed by atoms with E-state index in [-0.39, 0.29) is 0 Å². The fourth-order valence-electron chi connectivity index (χ4n) is 1.79. The summed E-state index contributed by atoms with van der Waals surface area (Å²) in [5.41, 5.74) is 4.11. The van der Waals surface area contributed by atoms with E-state index >= 15 is 0 Å². The van der Waals surface area contributed by atoms with Gasteiger partial charge in [0.2, 0.25) is 0 Å². The Kier molecular flexibility index (Phi) is 9.26. The van der Waals surface area contributed by atoms with Gasteiger partial charge >= 0.3 is 0 Å². The van der Waals surface area contributed by atoms with E-state index < -0.39 is 0 Å². The molecule has 0 saturated heterocycles. The molecule has 0 atom stereocenters. The van der Waals surface area contributed by atoms with Gasteiger partial charge in [-0.1, -0.05) is 39.0 Å². The van der Waals surface area contributed by atoms with Gasteiger partial charge in [0.1, 0.15) is 5.78 Å². The lowest BCUT2D eigenvalue weighted by molar-refractivity contribution is -0.118. The van der Waals surface area contributed by atoms with Gasteiger partial charge in [0.25, 0.3) is 0 Å². The molecule has 102 valence electrons. The van der Waals surface area contributed by atoms with Gasteiger partial charge in [-0.25, -0.2) is 0 Å². The highest BCUT2D eigenvalue weighted by molar-refractivity contribution is 5.77. The second-order valence-electron chi connectivity index (χ2n) is 4.52. The number of benzene rings is 1. The number of carbonyl (C=O) groups is 1. The molecule has 0 saturated carbocycles. The average molecular weight is 248 g/mol. The number of hydrogen-bond donors (Lipinski definition) is 0. The fraction of sp³-hybridized carbons (Fsp3) is 0.588. The van der Waals surface area contributed by atoms with Crippen LogP contribution < -0.4 is 0 Å². The van der Waals surface area contributed by atoms with Crippen LogP contribution in [0.25, 0.3) is 0 Å². The monoisotopic (exact) mass is 248 g/mol. The third kappa shape index (κ3) is 6.58. The normalized spacial score (nSPS) is 9.61. The Labute approximate surface area is 113 Å². The lowest BCUT2D eigenvalue weighted by atomic mass is 10.0. The summed E-state index contributed by atoms with van der Waals surface area (Å²) in [5, 5.41) is 0. The van der Waals surface area contributed by atoms with Crippen LogP contribution >= 0.6 is 0 Å². The van der Waals surface area contributed by atoms with E-state index in [1.807, 2.05) is 20.8 Å². The van der Waals surface area contributed by atoms with Crippen molar-refractivity contribution in [2.45, 2.75) is 66.7 Å². The van der Waals surface area contributed by atoms with Crippen molar-refractivity contribution in [2.24, 2.45) is 0 Å². The van der Waals surface area contributed by atoms with Crippen molar-refractivity contribution >= 4 is 5.78 Å². The lowest BCUT2D eigenvalue weighted by Crippen LogP contribution is -1.95. The number of Topliss-reactive ketones (excluding diaryl/α,β-unsaturated/α-hetero) is 1. The van der Waals surface area contributed by atoms with Crippen LogP contribution in [0.4, 0.5) is 0 Å². The molecule has 0 spiro atoms. The zero-order chi connectivity index (χ0) is 14.0. The van der Waals surface area contributed by atoms with Gasteiger partial charge in [-0.3, -0.25) is 4.79 Å². The molecule has 0 fully saturated rings. The zero-order valence-electron chi connectivity index (χ0n) is 12.7. The minimum Gasteiger partial charge on any atom is -0.300 e. The van der Waals surface area contributed by atoms with Crippen molar-refractivity contribution in [2.75, 3.05) is 0 Å². The topological polar surface area (TPSA) is 17.1 Å². The van der Waals surface area contributed by atoms with Crippen LogP contribution in [0.2, 0.25) is 0 Å². The summed E-state index contributed by atoms with van der Waals surface area (Å²) in [6.45, 7) is 10.2. The second kappa shape index (κ2) is 9.87. The minimum atomic E-state index is 0.389. The molecule has 0 unspecified atom stereocenters. The Bertz CT molecular complexity index is 353. The van der Waals surface area contributed by atoms with Crippen LogP contribution in [0, 0.1) is 13.8 Å². The summed E-state index contributed by atoms with van der Waals surface area (Å²) in [7, 11) is 0. The maximum Gasteiger partial charge on any atom is 0.132 e. The number of aryl methyl sites for hydroxylation is 3. The second-order valence-corrected chi connectivity index (χ2v) is 4.52. The summed E-state index contributed by atoms with van der Waals surface area (Å²) in [4.78, 5) is 11.1. The molecule has 1 rings (SSSR count). The van der Waals surface area contributed by atoms with E-state index in [9.17, 15) is 4.79 Å². The van der Waals surface area contributed by atoms with Gasteiger partial charge < -0.3 is 0 Å². The highest BCUT2D eigenvalue weighted by atomic mass is 16.1. The number of unbranched alkanes of at least 4 members (excludes halogenated alkanes) is 1. The maximum absolute atomic E-state index is 11.1. The standard InChI is InChI=1S/C15H22O.C2H6/c1-4-15(16)8-6-5-7-14-10-9-12(2)13(3)11-14;1-2/h9-11H,4-8H2,1-3H3;1-2H3. The van der Waals surface area contributed by atoms with Gasteiger partial charge in [-0.05, 0) is 49.8 Å². The maximum atomic E-state index is 11.1. The molecular formula is C17H28O. The summed E-state index contributed by atoms with van der Waals surface area (Å²) in [6.07, 6.45) is 4.68. The van der Waals surface area contributed by atoms with E-state index in [1.165, 1.54) is 16.7 Å². The van der Waals surface area contributed by atoms with Crippen molar-refractivity contribution < 1.29 is 4.79 Å². The molecule has 0 aliphatic heterocycles. The third-order valence-corrected chi connectivity index (χ3v) is 3.14. The highest BCUT2D eigenvalue weighted by Crippen LogP contribution is 2.12. The molecule has 0 amide bonds. The molecule has 0 aromatic heterocycles. The quantitative estimate of drug-likeness (QED) is 0.646. The van der Waals surface area contributed by atoms with Gasteiger partial charge in [0, 0.05) is 12.8 Å². The van der Waals surface area contributed by atoms with Crippen molar-refractivity contribution in [1.82, 2.24) is 0 Å². The summed E-state index contributed by atoms with van der Waals surface area (Å²) in [5.74, 6) is 0.389. The number of rotatable bonds is 6. The average Bonchev–Trinajstić information content (AvgIpc) is 2.40.